The van der Waals surface area contributed by atoms with Crippen molar-refractivity contribution in [3.63, 3.8) is 0 Å². The van der Waals surface area contributed by atoms with Crippen LogP contribution in [0.25, 0.3) is 0 Å². The Morgan fingerprint density at radius 3 is 2.70 bits per heavy atom. The second-order valence-electron chi connectivity index (χ2n) is 4.52. The molecule has 0 aliphatic heterocycles. The van der Waals surface area contributed by atoms with Gasteiger partial charge in [0.25, 0.3) is 0 Å². The number of carbonyl (C=O) groups is 1. The highest BCUT2D eigenvalue weighted by molar-refractivity contribution is 6.31. The lowest BCUT2D eigenvalue weighted by atomic mass is 10.1. The van der Waals surface area contributed by atoms with Gasteiger partial charge in [-0.2, -0.15) is 5.10 Å². The van der Waals surface area contributed by atoms with Crippen LogP contribution >= 0.6 is 11.6 Å². The van der Waals surface area contributed by atoms with Gasteiger partial charge in [-0.1, -0.05) is 23.7 Å². The van der Waals surface area contributed by atoms with E-state index in [1.165, 1.54) is 7.11 Å². The monoisotopic (exact) mass is 293 g/mol. The number of hydrogen-bond acceptors (Lipinski definition) is 4. The first-order valence-electron chi connectivity index (χ1n) is 6.11. The summed E-state index contributed by atoms with van der Waals surface area (Å²) in [6.07, 6.45) is 0. The molecule has 0 fully saturated rings. The van der Waals surface area contributed by atoms with Crippen molar-refractivity contribution in [1.29, 1.82) is 0 Å². The number of anilines is 1. The molecule has 1 aromatic carbocycles. The van der Waals surface area contributed by atoms with Gasteiger partial charge in [0.2, 0.25) is 0 Å². The molecule has 2 aromatic rings. The number of rotatable bonds is 3. The molecule has 0 unspecified atom stereocenters. The fraction of sp³-hybridized carbons (Fsp3) is 0.286. The van der Waals surface area contributed by atoms with Crippen LogP contribution < -0.4 is 5.73 Å². The van der Waals surface area contributed by atoms with Crippen molar-refractivity contribution in [3.05, 3.63) is 45.7 Å². The number of esters is 1. The van der Waals surface area contributed by atoms with Crippen molar-refractivity contribution < 1.29 is 9.53 Å². The lowest BCUT2D eigenvalue weighted by Gasteiger charge is -2.11. The lowest BCUT2D eigenvalue weighted by Crippen LogP contribution is -2.13. The van der Waals surface area contributed by atoms with E-state index in [9.17, 15) is 4.79 Å². The summed E-state index contributed by atoms with van der Waals surface area (Å²) in [6.45, 7) is 4.13. The van der Waals surface area contributed by atoms with E-state index in [-0.39, 0.29) is 0 Å². The number of halogens is 1. The van der Waals surface area contributed by atoms with Gasteiger partial charge in [-0.25, -0.2) is 4.79 Å². The van der Waals surface area contributed by atoms with Gasteiger partial charge in [0.05, 0.1) is 35.6 Å². The number of aryl methyl sites for hydroxylation is 1. The Morgan fingerprint density at radius 1 is 1.45 bits per heavy atom. The maximum Gasteiger partial charge on any atom is 0.340 e. The molecule has 1 heterocycles. The zero-order valence-electron chi connectivity index (χ0n) is 11.6. The maximum absolute atomic E-state index is 11.8. The van der Waals surface area contributed by atoms with E-state index < -0.39 is 5.97 Å². The molecule has 0 spiro atoms. The van der Waals surface area contributed by atoms with E-state index in [0.29, 0.717) is 22.8 Å². The number of nitrogen functional groups attached to an aromatic ring is 1. The third-order valence-electron chi connectivity index (χ3n) is 3.19. The number of nitrogens with two attached hydrogens (primary N) is 1. The standard InChI is InChI=1S/C14H16ClN3O2/c1-8-13(15)9(2)18(17-8)7-10-5-4-6-11(16)12(10)14(19)20-3/h4-6H,7,16H2,1-3H3. The number of ether oxygens (including phenoxy) is 1. The van der Waals surface area contributed by atoms with Gasteiger partial charge >= 0.3 is 5.97 Å². The topological polar surface area (TPSA) is 70.1 Å². The van der Waals surface area contributed by atoms with Crippen molar-refractivity contribution in [3.8, 4) is 0 Å². The molecule has 0 saturated carbocycles. The molecule has 2 N–H and O–H groups in total. The summed E-state index contributed by atoms with van der Waals surface area (Å²) in [7, 11) is 1.33. The van der Waals surface area contributed by atoms with Crippen molar-refractivity contribution in [2.75, 3.05) is 12.8 Å². The molecule has 20 heavy (non-hydrogen) atoms. The number of carbonyl (C=O) groups excluding carboxylic acids is 1. The summed E-state index contributed by atoms with van der Waals surface area (Å²) in [4.78, 5) is 11.8. The van der Waals surface area contributed by atoms with Crippen LogP contribution in [0, 0.1) is 13.8 Å². The Morgan fingerprint density at radius 2 is 2.15 bits per heavy atom. The highest BCUT2D eigenvalue weighted by Crippen LogP contribution is 2.23. The minimum absolute atomic E-state index is 0.374. The van der Waals surface area contributed by atoms with E-state index in [2.05, 4.69) is 5.10 Å². The van der Waals surface area contributed by atoms with E-state index in [1.807, 2.05) is 19.9 Å². The molecular formula is C14H16ClN3O2. The van der Waals surface area contributed by atoms with Crippen LogP contribution in [0.2, 0.25) is 5.02 Å². The first-order chi connectivity index (χ1) is 9.45. The Bertz CT molecular complexity index is 665. The van der Waals surface area contributed by atoms with Crippen molar-refractivity contribution in [1.82, 2.24) is 9.78 Å². The quantitative estimate of drug-likeness (QED) is 0.697. The number of nitrogens with zero attached hydrogens (tertiary/aromatic N) is 2. The first-order valence-corrected chi connectivity index (χ1v) is 6.48. The van der Waals surface area contributed by atoms with Crippen LogP contribution in [0.5, 0.6) is 0 Å². The van der Waals surface area contributed by atoms with Crippen LogP contribution in [-0.4, -0.2) is 22.9 Å². The van der Waals surface area contributed by atoms with Crippen LogP contribution in [-0.2, 0) is 11.3 Å². The Hall–Kier alpha value is -2.01. The molecule has 0 saturated heterocycles. The molecule has 0 aliphatic rings. The van der Waals surface area contributed by atoms with E-state index in [1.54, 1.807) is 16.8 Å². The molecule has 106 valence electrons. The average molecular weight is 294 g/mol. The normalized spacial score (nSPS) is 10.6. The highest BCUT2D eigenvalue weighted by Gasteiger charge is 2.17. The largest absolute Gasteiger partial charge is 0.465 e. The van der Waals surface area contributed by atoms with E-state index in [4.69, 9.17) is 22.1 Å². The smallest absolute Gasteiger partial charge is 0.340 e. The summed E-state index contributed by atoms with van der Waals surface area (Å²) in [5.74, 6) is -0.453. The first kappa shape index (κ1) is 14.4. The van der Waals surface area contributed by atoms with Gasteiger partial charge in [-0.05, 0) is 25.5 Å². The Kier molecular flexibility index (Phi) is 3.99. The lowest BCUT2D eigenvalue weighted by molar-refractivity contribution is 0.0600. The summed E-state index contributed by atoms with van der Waals surface area (Å²) in [5.41, 5.74) is 8.99. The fourth-order valence-electron chi connectivity index (χ4n) is 2.09. The second-order valence-corrected chi connectivity index (χ2v) is 4.89. The third-order valence-corrected chi connectivity index (χ3v) is 3.73. The molecule has 0 aliphatic carbocycles. The van der Waals surface area contributed by atoms with Crippen LogP contribution in [0.4, 0.5) is 5.69 Å². The van der Waals surface area contributed by atoms with Crippen LogP contribution in [0.15, 0.2) is 18.2 Å². The number of hydrogen-bond donors (Lipinski definition) is 1. The Balaban J connectivity index is 2.46. The molecule has 2 rings (SSSR count). The third kappa shape index (κ3) is 2.49. The number of aromatic nitrogens is 2. The van der Waals surface area contributed by atoms with Crippen molar-refractivity contribution in [2.24, 2.45) is 0 Å². The fourth-order valence-corrected chi connectivity index (χ4v) is 2.23. The van der Waals surface area contributed by atoms with Gasteiger partial charge in [-0.3, -0.25) is 4.68 Å². The Labute approximate surface area is 122 Å². The summed E-state index contributed by atoms with van der Waals surface area (Å²) in [5, 5.41) is 4.99. The summed E-state index contributed by atoms with van der Waals surface area (Å²) in [6, 6.07) is 5.29. The SMILES string of the molecule is COC(=O)c1c(N)cccc1Cn1nc(C)c(Cl)c1C. The summed E-state index contributed by atoms with van der Waals surface area (Å²) >= 11 is 6.13. The van der Waals surface area contributed by atoms with Crippen LogP contribution in [0.1, 0.15) is 27.3 Å². The second kappa shape index (κ2) is 5.54. The van der Waals surface area contributed by atoms with Gasteiger partial charge in [0.15, 0.2) is 0 Å². The average Bonchev–Trinajstić information content (AvgIpc) is 2.66. The predicted molar refractivity (Wildman–Crippen MR) is 78.0 cm³/mol. The molecule has 5 nitrogen and oxygen atoms in total. The highest BCUT2D eigenvalue weighted by atomic mass is 35.5. The zero-order valence-corrected chi connectivity index (χ0v) is 12.4. The molecule has 1 aromatic heterocycles. The molecule has 0 atom stereocenters. The minimum atomic E-state index is -0.453. The van der Waals surface area contributed by atoms with Gasteiger partial charge in [0, 0.05) is 5.69 Å². The number of methoxy groups -OCH3 is 1. The van der Waals surface area contributed by atoms with Gasteiger partial charge in [0.1, 0.15) is 0 Å². The van der Waals surface area contributed by atoms with Crippen LogP contribution in [0.3, 0.4) is 0 Å². The zero-order chi connectivity index (χ0) is 14.9. The van der Waals surface area contributed by atoms with Gasteiger partial charge < -0.3 is 10.5 Å². The van der Waals surface area contributed by atoms with E-state index >= 15 is 0 Å². The van der Waals surface area contributed by atoms with E-state index in [0.717, 1.165) is 17.0 Å². The van der Waals surface area contributed by atoms with Gasteiger partial charge in [-0.15, -0.1) is 0 Å². The van der Waals surface area contributed by atoms with Crippen molar-refractivity contribution in [2.45, 2.75) is 20.4 Å². The van der Waals surface area contributed by atoms with Crippen molar-refractivity contribution >= 4 is 23.3 Å². The molecule has 0 amide bonds. The summed E-state index contributed by atoms with van der Waals surface area (Å²) < 4.78 is 6.53. The molecule has 0 bridgehead atoms. The molecular weight excluding hydrogens is 278 g/mol. The number of benzene rings is 1. The molecule has 6 heteroatoms. The maximum atomic E-state index is 11.8. The predicted octanol–water partition coefficient (Wildman–Crippen LogP) is 2.57. The molecule has 0 radical (unpaired) electrons. The minimum Gasteiger partial charge on any atom is -0.465 e.